The van der Waals surface area contributed by atoms with Crippen LogP contribution >= 0.6 is 0 Å². The van der Waals surface area contributed by atoms with E-state index in [1.165, 1.54) is 6.07 Å². The van der Waals surface area contributed by atoms with Gasteiger partial charge in [-0.1, -0.05) is 18.2 Å². The number of rotatable bonds is 4. The lowest BCUT2D eigenvalue weighted by atomic mass is 10.1. The Morgan fingerprint density at radius 2 is 2.14 bits per heavy atom. The summed E-state index contributed by atoms with van der Waals surface area (Å²) >= 11 is 0. The average molecular weight is 293 g/mol. The molecule has 1 aliphatic rings. The quantitative estimate of drug-likeness (QED) is 0.913. The van der Waals surface area contributed by atoms with Crippen LogP contribution in [0.2, 0.25) is 0 Å². The van der Waals surface area contributed by atoms with E-state index in [1.54, 1.807) is 18.2 Å². The van der Waals surface area contributed by atoms with Crippen LogP contribution in [-0.4, -0.2) is 54.5 Å². The van der Waals surface area contributed by atoms with Crippen molar-refractivity contribution in [3.8, 4) is 0 Å². The molecular weight excluding hydrogens is 269 g/mol. The Morgan fingerprint density at radius 1 is 1.43 bits per heavy atom. The van der Waals surface area contributed by atoms with Crippen molar-refractivity contribution >= 4 is 5.91 Å². The van der Waals surface area contributed by atoms with Crippen molar-refractivity contribution in [2.45, 2.75) is 32.5 Å². The molecule has 1 saturated heterocycles. The molecule has 0 unspecified atom stereocenters. The highest BCUT2D eigenvalue weighted by atomic mass is 19.1. The maximum Gasteiger partial charge on any atom is 0.237 e. The van der Waals surface area contributed by atoms with Gasteiger partial charge >= 0.3 is 0 Å². The van der Waals surface area contributed by atoms with E-state index < -0.39 is 0 Å². The average Bonchev–Trinajstić information content (AvgIpc) is 2.45. The second kappa shape index (κ2) is 7.00. The van der Waals surface area contributed by atoms with Gasteiger partial charge < -0.3 is 10.2 Å². The van der Waals surface area contributed by atoms with Gasteiger partial charge in [-0.25, -0.2) is 4.39 Å². The number of nitrogens with zero attached hydrogens (tertiary/aromatic N) is 2. The summed E-state index contributed by atoms with van der Waals surface area (Å²) in [5.41, 5.74) is 0.518. The number of piperazine rings is 1. The lowest BCUT2D eigenvalue weighted by Gasteiger charge is -2.41. The lowest BCUT2D eigenvalue weighted by Crippen LogP contribution is -2.57. The number of nitrogens with one attached hydrogen (secondary N) is 1. The molecule has 0 saturated carbocycles. The maximum absolute atomic E-state index is 13.5. The van der Waals surface area contributed by atoms with Crippen LogP contribution in [0.4, 0.5) is 4.39 Å². The summed E-state index contributed by atoms with van der Waals surface area (Å²) in [5.74, 6) is -0.326. The monoisotopic (exact) mass is 293 g/mol. The maximum atomic E-state index is 13.5. The zero-order valence-electron chi connectivity index (χ0n) is 13.0. The highest BCUT2D eigenvalue weighted by Crippen LogP contribution is 2.12. The van der Waals surface area contributed by atoms with Crippen molar-refractivity contribution in [1.82, 2.24) is 15.1 Å². The predicted molar refractivity (Wildman–Crippen MR) is 81.4 cm³/mol. The third-order valence-electron chi connectivity index (χ3n) is 4.17. The van der Waals surface area contributed by atoms with Gasteiger partial charge in [0.05, 0.1) is 6.04 Å². The largest absolute Gasteiger partial charge is 0.351 e. The number of carbonyl (C=O) groups excluding carboxylic acids is 1. The van der Waals surface area contributed by atoms with Crippen LogP contribution in [0.3, 0.4) is 0 Å². The molecule has 1 aromatic carbocycles. The number of carbonyl (C=O) groups is 1. The Morgan fingerprint density at radius 3 is 2.81 bits per heavy atom. The number of benzene rings is 1. The molecule has 0 aliphatic carbocycles. The first-order valence-electron chi connectivity index (χ1n) is 7.44. The Balaban J connectivity index is 1.89. The minimum atomic E-state index is -0.279. The van der Waals surface area contributed by atoms with Gasteiger partial charge in [-0.05, 0) is 27.0 Å². The van der Waals surface area contributed by atoms with Gasteiger partial charge in [0.2, 0.25) is 5.91 Å². The van der Waals surface area contributed by atoms with E-state index in [4.69, 9.17) is 0 Å². The van der Waals surface area contributed by atoms with Gasteiger partial charge in [0.25, 0.3) is 0 Å². The summed E-state index contributed by atoms with van der Waals surface area (Å²) in [6.45, 7) is 7.10. The third kappa shape index (κ3) is 4.02. The molecule has 2 rings (SSSR count). The second-order valence-electron chi connectivity index (χ2n) is 5.83. The van der Waals surface area contributed by atoms with Crippen LogP contribution in [-0.2, 0) is 11.3 Å². The van der Waals surface area contributed by atoms with E-state index >= 15 is 0 Å². The lowest BCUT2D eigenvalue weighted by molar-refractivity contribution is -0.127. The topological polar surface area (TPSA) is 35.6 Å². The summed E-state index contributed by atoms with van der Waals surface area (Å²) in [6.07, 6.45) is 0. The predicted octanol–water partition coefficient (Wildman–Crippen LogP) is 1.47. The molecule has 21 heavy (non-hydrogen) atoms. The van der Waals surface area contributed by atoms with E-state index in [9.17, 15) is 9.18 Å². The zero-order chi connectivity index (χ0) is 15.4. The molecule has 0 spiro atoms. The van der Waals surface area contributed by atoms with Crippen LogP contribution in [0, 0.1) is 5.82 Å². The third-order valence-corrected chi connectivity index (χ3v) is 4.17. The van der Waals surface area contributed by atoms with Crippen LogP contribution in [0.15, 0.2) is 24.3 Å². The molecule has 1 aromatic rings. The van der Waals surface area contributed by atoms with Crippen molar-refractivity contribution in [2.75, 3.05) is 26.7 Å². The van der Waals surface area contributed by atoms with Crippen molar-refractivity contribution in [3.63, 3.8) is 0 Å². The van der Waals surface area contributed by atoms with Crippen LogP contribution < -0.4 is 5.32 Å². The normalized spacial score (nSPS) is 22.0. The number of amides is 1. The van der Waals surface area contributed by atoms with Crippen molar-refractivity contribution in [3.05, 3.63) is 35.6 Å². The van der Waals surface area contributed by atoms with E-state index in [0.29, 0.717) is 11.6 Å². The summed E-state index contributed by atoms with van der Waals surface area (Å²) < 4.78 is 13.5. The molecule has 1 heterocycles. The molecular formula is C16H24FN3O. The molecule has 1 aliphatic heterocycles. The fourth-order valence-corrected chi connectivity index (χ4v) is 2.85. The van der Waals surface area contributed by atoms with Gasteiger partial charge in [0.1, 0.15) is 5.82 Å². The fraction of sp³-hybridized carbons (Fsp3) is 0.562. The molecule has 0 radical (unpaired) electrons. The van der Waals surface area contributed by atoms with E-state index in [0.717, 1.165) is 19.6 Å². The van der Waals surface area contributed by atoms with Gasteiger partial charge in [-0.3, -0.25) is 9.69 Å². The highest BCUT2D eigenvalue weighted by molar-refractivity contribution is 5.81. The number of likely N-dealkylation sites (N-methyl/N-ethyl adjacent to an activating group) is 1. The Bertz CT molecular complexity index is 494. The van der Waals surface area contributed by atoms with Gasteiger partial charge in [0, 0.05) is 37.8 Å². The van der Waals surface area contributed by atoms with Crippen LogP contribution in [0.25, 0.3) is 0 Å². The molecule has 116 valence electrons. The number of hydrogen-bond donors (Lipinski definition) is 1. The Hall–Kier alpha value is -1.46. The SMILES string of the molecule is C[C@@H]1CN(C)CCN1[C@H](C)C(=O)NCc1ccccc1F. The first-order valence-corrected chi connectivity index (χ1v) is 7.44. The second-order valence-corrected chi connectivity index (χ2v) is 5.83. The van der Waals surface area contributed by atoms with Crippen molar-refractivity contribution in [2.24, 2.45) is 0 Å². The molecule has 2 atom stereocenters. The van der Waals surface area contributed by atoms with E-state index in [1.807, 2.05) is 6.92 Å². The summed E-state index contributed by atoms with van der Waals surface area (Å²) in [6, 6.07) is 6.68. The summed E-state index contributed by atoms with van der Waals surface area (Å²) in [4.78, 5) is 16.7. The van der Waals surface area contributed by atoms with Crippen LogP contribution in [0.5, 0.6) is 0 Å². The molecule has 1 amide bonds. The number of halogens is 1. The van der Waals surface area contributed by atoms with E-state index in [2.05, 4.69) is 29.1 Å². The van der Waals surface area contributed by atoms with Gasteiger partial charge in [0.15, 0.2) is 0 Å². The van der Waals surface area contributed by atoms with E-state index in [-0.39, 0.29) is 24.3 Å². The molecule has 1 fully saturated rings. The highest BCUT2D eigenvalue weighted by Gasteiger charge is 2.29. The van der Waals surface area contributed by atoms with Gasteiger partial charge in [-0.2, -0.15) is 0 Å². The Labute approximate surface area is 125 Å². The van der Waals surface area contributed by atoms with Crippen LogP contribution in [0.1, 0.15) is 19.4 Å². The fourth-order valence-electron chi connectivity index (χ4n) is 2.85. The minimum Gasteiger partial charge on any atom is -0.351 e. The Kier molecular flexibility index (Phi) is 5.31. The van der Waals surface area contributed by atoms with Crippen molar-refractivity contribution < 1.29 is 9.18 Å². The van der Waals surface area contributed by atoms with Gasteiger partial charge in [-0.15, -0.1) is 0 Å². The summed E-state index contributed by atoms with van der Waals surface area (Å²) in [7, 11) is 2.09. The smallest absolute Gasteiger partial charge is 0.237 e. The molecule has 0 aromatic heterocycles. The number of hydrogen-bond acceptors (Lipinski definition) is 3. The molecule has 5 heteroatoms. The molecule has 0 bridgehead atoms. The minimum absolute atomic E-state index is 0.0466. The first-order chi connectivity index (χ1) is 9.99. The zero-order valence-corrected chi connectivity index (χ0v) is 13.0. The summed E-state index contributed by atoms with van der Waals surface area (Å²) in [5, 5.41) is 2.83. The van der Waals surface area contributed by atoms with Crippen molar-refractivity contribution in [1.29, 1.82) is 0 Å². The molecule has 1 N–H and O–H groups in total. The molecule has 4 nitrogen and oxygen atoms in total. The standard InChI is InChI=1S/C16H24FN3O/c1-12-11-19(3)8-9-20(12)13(2)16(21)18-10-14-6-4-5-7-15(14)17/h4-7,12-13H,8-11H2,1-3H3,(H,18,21)/t12-,13-/m1/s1. The first kappa shape index (κ1) is 15.9.